The van der Waals surface area contributed by atoms with E-state index in [1.54, 1.807) is 0 Å². The number of ether oxygens (including phenoxy) is 3. The van der Waals surface area contributed by atoms with Gasteiger partial charge in [0, 0.05) is 51.7 Å². The first-order valence-electron chi connectivity index (χ1n) is 23.3. The molecule has 3 aromatic carbocycles. The van der Waals surface area contributed by atoms with E-state index in [1.165, 1.54) is 31.2 Å². The van der Waals surface area contributed by atoms with Crippen LogP contribution in [0.2, 0.25) is 0 Å². The topological polar surface area (TPSA) is 297 Å². The van der Waals surface area contributed by atoms with Crippen LogP contribution in [-0.2, 0) is 55.8 Å². The summed E-state index contributed by atoms with van der Waals surface area (Å²) in [5.41, 5.74) is 1.13. The average Bonchev–Trinajstić information content (AvgIpc) is 3.32. The summed E-state index contributed by atoms with van der Waals surface area (Å²) in [5, 5.41) is 46.7. The van der Waals surface area contributed by atoms with E-state index in [9.17, 15) is 53.7 Å². The van der Waals surface area contributed by atoms with Gasteiger partial charge in [-0.15, -0.1) is 0 Å². The molecule has 9 N–H and O–H groups in total. The van der Waals surface area contributed by atoms with Crippen molar-refractivity contribution in [3.05, 3.63) is 83.4 Å². The first-order chi connectivity index (χ1) is 33.2. The van der Waals surface area contributed by atoms with Crippen LogP contribution in [0.4, 0.5) is 4.79 Å². The van der Waals surface area contributed by atoms with E-state index in [-0.39, 0.29) is 80.4 Å². The largest absolute Gasteiger partial charge is 0.480 e. The first kappa shape index (κ1) is 55.0. The number of nitrogens with one attached hydrogen (secondary N) is 6. The summed E-state index contributed by atoms with van der Waals surface area (Å²) < 4.78 is 16.3. The highest BCUT2D eigenvalue weighted by atomic mass is 16.5. The number of carbonyl (C=O) groups is 8. The number of hydrogen-bond acceptors (Lipinski definition) is 11. The minimum atomic E-state index is -1.47. The van der Waals surface area contributed by atoms with Gasteiger partial charge in [-0.25, -0.2) is 19.2 Å². The van der Waals surface area contributed by atoms with Gasteiger partial charge >= 0.3 is 23.9 Å². The van der Waals surface area contributed by atoms with Gasteiger partial charge in [-0.3, -0.25) is 19.2 Å². The molecule has 0 unspecified atom stereocenters. The Morgan fingerprint density at radius 1 is 0.609 bits per heavy atom. The van der Waals surface area contributed by atoms with E-state index < -0.39 is 48.0 Å². The molecule has 20 nitrogen and oxygen atoms in total. The molecule has 0 spiro atoms. The molecule has 0 radical (unpaired) electrons. The van der Waals surface area contributed by atoms with Crippen molar-refractivity contribution in [3.8, 4) is 0 Å². The van der Waals surface area contributed by atoms with Crippen LogP contribution in [0.15, 0.2) is 66.7 Å². The van der Waals surface area contributed by atoms with E-state index in [2.05, 4.69) is 31.9 Å². The molecule has 3 aromatic rings. The second kappa shape index (κ2) is 30.0. The van der Waals surface area contributed by atoms with Crippen molar-refractivity contribution in [2.45, 2.75) is 89.3 Å². The minimum absolute atomic E-state index is 0.0343. The van der Waals surface area contributed by atoms with Crippen LogP contribution in [0.25, 0.3) is 10.8 Å². The number of urea groups is 1. The van der Waals surface area contributed by atoms with Gasteiger partial charge < -0.3 is 61.4 Å². The monoisotopic (exact) mass is 962 g/mol. The minimum Gasteiger partial charge on any atom is -0.480 e. The van der Waals surface area contributed by atoms with Crippen LogP contribution in [-0.4, -0.2) is 140 Å². The first-order valence-corrected chi connectivity index (χ1v) is 23.3. The Hall–Kier alpha value is -6.64. The van der Waals surface area contributed by atoms with Crippen molar-refractivity contribution in [2.75, 3.05) is 59.3 Å². The summed E-state index contributed by atoms with van der Waals surface area (Å²) in [6.45, 7) is 4.67. The second-order valence-electron chi connectivity index (χ2n) is 16.9. The number of amides is 6. The Morgan fingerprint density at radius 2 is 1.25 bits per heavy atom. The van der Waals surface area contributed by atoms with E-state index >= 15 is 0 Å². The fourth-order valence-electron chi connectivity index (χ4n) is 7.77. The highest BCUT2D eigenvalue weighted by molar-refractivity contribution is 5.90. The normalized spacial score (nSPS) is 15.7. The third-order valence-corrected chi connectivity index (χ3v) is 11.6. The van der Waals surface area contributed by atoms with E-state index in [4.69, 9.17) is 14.2 Å². The Morgan fingerprint density at radius 3 is 1.93 bits per heavy atom. The summed E-state index contributed by atoms with van der Waals surface area (Å²) in [7, 11) is 0. The van der Waals surface area contributed by atoms with Crippen LogP contribution in [0.1, 0.15) is 79.8 Å². The summed E-state index contributed by atoms with van der Waals surface area (Å²) in [4.78, 5) is 98.6. The van der Waals surface area contributed by atoms with Crippen LogP contribution < -0.4 is 31.9 Å². The van der Waals surface area contributed by atoms with Crippen LogP contribution in [0.5, 0.6) is 0 Å². The van der Waals surface area contributed by atoms with Gasteiger partial charge in [0.15, 0.2) is 0 Å². The van der Waals surface area contributed by atoms with Crippen molar-refractivity contribution in [3.63, 3.8) is 0 Å². The molecule has 0 aliphatic heterocycles. The van der Waals surface area contributed by atoms with Crippen molar-refractivity contribution in [1.82, 2.24) is 31.9 Å². The lowest BCUT2D eigenvalue weighted by molar-refractivity contribution is -0.139. The second-order valence-corrected chi connectivity index (χ2v) is 16.9. The predicted molar refractivity (Wildman–Crippen MR) is 252 cm³/mol. The quantitative estimate of drug-likeness (QED) is 0.0420. The molecule has 3 atom stereocenters. The predicted octanol–water partition coefficient (Wildman–Crippen LogP) is 2.80. The van der Waals surface area contributed by atoms with Crippen molar-refractivity contribution >= 4 is 58.3 Å². The zero-order valence-corrected chi connectivity index (χ0v) is 39.0. The van der Waals surface area contributed by atoms with Crippen molar-refractivity contribution in [1.29, 1.82) is 0 Å². The highest BCUT2D eigenvalue weighted by Crippen LogP contribution is 2.29. The number of unbranched alkanes of at least 4 members (excludes halogenated alkanes) is 1. The Kier molecular flexibility index (Phi) is 23.9. The molecule has 6 amide bonds. The number of aromatic carboxylic acids is 1. The fourth-order valence-corrected chi connectivity index (χ4v) is 7.77. The summed E-state index contributed by atoms with van der Waals surface area (Å²) in [5.74, 6) is -4.94. The SMILES string of the molecule is CC(=O)NCCOCCOCCOCCC(=O)NCC1CCC(C(=O)N[C@@H](Cc2ccc3ccccc3c2)C(=O)NCCCC[C@H](NC(=O)N[C@@H](Cc2cccc(C(=O)O)c2)C(=O)O)C(=O)O)CC1. The number of carboxylic acids is 3. The number of hydrogen-bond donors (Lipinski definition) is 9. The lowest BCUT2D eigenvalue weighted by atomic mass is 9.81. The molecule has 0 heterocycles. The standard InChI is InChI=1S/C49H66N6O14/c1-32(56)50-20-22-68-24-26-69-25-23-67-21-18-43(57)52-31-33-12-16-37(17-13-33)44(58)53-41(29-35-14-15-36-8-2-3-9-38(36)27-35)45(59)51-19-5-4-11-40(47(62)63)54-49(66)55-42(48(64)65)30-34-7-6-10-39(28-34)46(60)61/h2-3,6-10,14-15,27-28,33,37,40-42H,4-5,11-13,16-26,29-31H2,1H3,(H,50,56)(H,51,59)(H,52,57)(H,53,58)(H,60,61)(H,62,63)(H,64,65)(H2,54,55,66)/t33?,37?,40-,41-,42-/m0/s1. The third kappa shape index (κ3) is 21.0. The number of carbonyl (C=O) groups excluding carboxylic acids is 5. The number of aliphatic carboxylic acids is 2. The van der Waals surface area contributed by atoms with Crippen molar-refractivity contribution < 1.29 is 67.9 Å². The molecule has 0 saturated heterocycles. The molecular weight excluding hydrogens is 897 g/mol. The average molecular weight is 963 g/mol. The number of carboxylic acid groups (broad SMARTS) is 3. The Bertz CT molecular complexity index is 2180. The van der Waals surface area contributed by atoms with Gasteiger partial charge in [0.25, 0.3) is 0 Å². The van der Waals surface area contributed by atoms with Gasteiger partial charge in [-0.1, -0.05) is 54.6 Å². The molecule has 1 fully saturated rings. The van der Waals surface area contributed by atoms with E-state index in [1.807, 2.05) is 42.5 Å². The summed E-state index contributed by atoms with van der Waals surface area (Å²) >= 11 is 0. The van der Waals surface area contributed by atoms with Gasteiger partial charge in [0.05, 0.1) is 45.2 Å². The molecule has 1 aliphatic carbocycles. The van der Waals surface area contributed by atoms with E-state index in [0.29, 0.717) is 70.9 Å². The molecule has 0 bridgehead atoms. The van der Waals surface area contributed by atoms with Gasteiger partial charge in [0.1, 0.15) is 18.1 Å². The zero-order chi connectivity index (χ0) is 50.0. The summed E-state index contributed by atoms with van der Waals surface area (Å²) in [6, 6.07) is 14.5. The number of rotatable bonds is 31. The highest BCUT2D eigenvalue weighted by Gasteiger charge is 2.30. The molecule has 1 saturated carbocycles. The fraction of sp³-hybridized carbons (Fsp3) is 0.510. The van der Waals surface area contributed by atoms with Crippen LogP contribution >= 0.6 is 0 Å². The molecular formula is C49H66N6O14. The van der Waals surface area contributed by atoms with Gasteiger partial charge in [0.2, 0.25) is 23.6 Å². The molecule has 376 valence electrons. The van der Waals surface area contributed by atoms with Crippen LogP contribution in [0.3, 0.4) is 0 Å². The molecule has 20 heteroatoms. The summed E-state index contributed by atoms with van der Waals surface area (Å²) in [6.07, 6.45) is 3.37. The molecule has 69 heavy (non-hydrogen) atoms. The lowest BCUT2D eigenvalue weighted by Gasteiger charge is -2.29. The van der Waals surface area contributed by atoms with Gasteiger partial charge in [-0.2, -0.15) is 0 Å². The molecule has 4 rings (SSSR count). The molecule has 0 aromatic heterocycles. The number of benzene rings is 3. The van der Waals surface area contributed by atoms with Crippen molar-refractivity contribution in [2.24, 2.45) is 11.8 Å². The molecule has 1 aliphatic rings. The Balaban J connectivity index is 1.19. The Labute approximate surface area is 401 Å². The van der Waals surface area contributed by atoms with E-state index in [0.717, 1.165) is 29.2 Å². The van der Waals surface area contributed by atoms with Gasteiger partial charge in [-0.05, 0) is 84.9 Å². The third-order valence-electron chi connectivity index (χ3n) is 11.6. The van der Waals surface area contributed by atoms with Crippen LogP contribution in [0, 0.1) is 11.8 Å². The zero-order valence-electron chi connectivity index (χ0n) is 39.0. The smallest absolute Gasteiger partial charge is 0.335 e. The lowest BCUT2D eigenvalue weighted by Crippen LogP contribution is -2.51. The number of fused-ring (bicyclic) bond motifs is 1. The maximum Gasteiger partial charge on any atom is 0.335 e. The maximum atomic E-state index is 13.7. The maximum absolute atomic E-state index is 13.7.